The smallest absolute Gasteiger partial charge is 0.438 e. The molecule has 1 aromatic carbocycles. The van der Waals surface area contributed by atoms with E-state index in [2.05, 4.69) is 36.4 Å². The van der Waals surface area contributed by atoms with Crippen molar-refractivity contribution < 1.29 is 14.3 Å². The number of carbonyl (C=O) groups excluding carboxylic acids is 1. The first-order valence-electron chi connectivity index (χ1n) is 6.76. The van der Waals surface area contributed by atoms with E-state index in [1.54, 1.807) is 0 Å². The minimum absolute atomic E-state index is 0.0132. The quantitative estimate of drug-likeness (QED) is 0.615. The molecule has 1 aliphatic carbocycles. The Labute approximate surface area is 119 Å². The number of hydrogen-bond donors (Lipinski definition) is 0. The summed E-state index contributed by atoms with van der Waals surface area (Å²) in [5.41, 5.74) is 5.80. The van der Waals surface area contributed by atoms with Crippen LogP contribution >= 0.6 is 0 Å². The molecule has 0 aliphatic heterocycles. The first-order valence-corrected chi connectivity index (χ1v) is 6.76. The summed E-state index contributed by atoms with van der Waals surface area (Å²) in [6.45, 7) is 4.71. The normalized spacial score (nSPS) is 19.6. The molecule has 1 saturated carbocycles. The van der Waals surface area contributed by atoms with Gasteiger partial charge in [-0.3, -0.25) is 0 Å². The number of carbonyl (C=O) groups is 1. The fraction of sp³-hybridized carbons (Fsp3) is 0.412. The number of hydrogen-bond acceptors (Lipinski definition) is 3. The van der Waals surface area contributed by atoms with Crippen molar-refractivity contribution >= 4 is 12.2 Å². The summed E-state index contributed by atoms with van der Waals surface area (Å²) in [7, 11) is 1.32. The monoisotopic (exact) mass is 272 g/mol. The Morgan fingerprint density at radius 3 is 2.70 bits per heavy atom. The summed E-state index contributed by atoms with van der Waals surface area (Å²) in [4.78, 5) is 11.0. The van der Waals surface area contributed by atoms with Crippen LogP contribution in [0.15, 0.2) is 41.6 Å². The maximum Gasteiger partial charge on any atom is 0.507 e. The third-order valence-corrected chi connectivity index (χ3v) is 4.03. The van der Waals surface area contributed by atoms with Crippen molar-refractivity contribution in [1.29, 1.82) is 0 Å². The van der Waals surface area contributed by atoms with Crippen LogP contribution in [-0.2, 0) is 9.47 Å². The van der Waals surface area contributed by atoms with Gasteiger partial charge in [-0.05, 0) is 29.0 Å². The molecule has 0 radical (unpaired) electrons. The second kappa shape index (κ2) is 5.98. The Bertz CT molecular complexity index is 537. The van der Waals surface area contributed by atoms with Crippen LogP contribution in [0.5, 0.6) is 0 Å². The van der Waals surface area contributed by atoms with Crippen LogP contribution in [0, 0.1) is 11.3 Å². The lowest BCUT2D eigenvalue weighted by Gasteiger charge is -2.45. The predicted molar refractivity (Wildman–Crippen MR) is 78.2 cm³/mol. The SMILES string of the molecule is COC(=O)OCC1CC(=C=Cc2ccccc2)C1(C)C. The van der Waals surface area contributed by atoms with Gasteiger partial charge in [0.25, 0.3) is 0 Å². The van der Waals surface area contributed by atoms with E-state index < -0.39 is 6.16 Å². The van der Waals surface area contributed by atoms with Crippen molar-refractivity contribution in [3.63, 3.8) is 0 Å². The Balaban J connectivity index is 2.00. The number of methoxy groups -OCH3 is 1. The molecule has 2 rings (SSSR count). The van der Waals surface area contributed by atoms with Crippen molar-refractivity contribution in [3.05, 3.63) is 47.2 Å². The van der Waals surface area contributed by atoms with Gasteiger partial charge in [0.2, 0.25) is 0 Å². The molecular formula is C17H20O3. The van der Waals surface area contributed by atoms with Crippen molar-refractivity contribution in [2.75, 3.05) is 13.7 Å². The van der Waals surface area contributed by atoms with Crippen LogP contribution in [0.1, 0.15) is 25.8 Å². The summed E-state index contributed by atoms with van der Waals surface area (Å²) in [6, 6.07) is 10.1. The molecular weight excluding hydrogens is 252 g/mol. The van der Waals surface area contributed by atoms with Gasteiger partial charge in [0, 0.05) is 5.92 Å². The average molecular weight is 272 g/mol. The molecule has 1 atom stereocenters. The molecule has 0 saturated heterocycles. The maximum atomic E-state index is 11.0. The van der Waals surface area contributed by atoms with Crippen LogP contribution in [0.25, 0.3) is 6.08 Å². The molecule has 106 valence electrons. The minimum atomic E-state index is -0.613. The van der Waals surface area contributed by atoms with Crippen molar-refractivity contribution in [3.8, 4) is 0 Å². The second-order valence-electron chi connectivity index (χ2n) is 5.57. The Kier molecular flexibility index (Phi) is 4.31. The van der Waals surface area contributed by atoms with Crippen LogP contribution in [0.2, 0.25) is 0 Å². The standard InChI is InChI=1S/C17H20O3/c1-17(2)14(10-9-13-7-5-4-6-8-13)11-15(17)12-20-16(18)19-3/h4-9,15H,11-12H2,1-3H3. The Hall–Kier alpha value is -1.99. The van der Waals surface area contributed by atoms with Crippen molar-refractivity contribution in [1.82, 2.24) is 0 Å². The van der Waals surface area contributed by atoms with Crippen LogP contribution < -0.4 is 0 Å². The highest BCUT2D eigenvalue weighted by Gasteiger charge is 2.44. The zero-order valence-electron chi connectivity index (χ0n) is 12.2. The van der Waals surface area contributed by atoms with Gasteiger partial charge >= 0.3 is 6.16 Å². The van der Waals surface area contributed by atoms with Gasteiger partial charge in [0.15, 0.2) is 0 Å². The fourth-order valence-electron chi connectivity index (χ4n) is 2.34. The molecule has 0 bridgehead atoms. The van der Waals surface area contributed by atoms with Gasteiger partial charge in [-0.25, -0.2) is 4.79 Å². The lowest BCUT2D eigenvalue weighted by Crippen LogP contribution is -2.40. The summed E-state index contributed by atoms with van der Waals surface area (Å²) in [5.74, 6) is 0.327. The highest BCUT2D eigenvalue weighted by atomic mass is 16.7. The molecule has 0 amide bonds. The van der Waals surface area contributed by atoms with Crippen molar-refractivity contribution in [2.24, 2.45) is 11.3 Å². The highest BCUT2D eigenvalue weighted by Crippen LogP contribution is 2.50. The summed E-state index contributed by atoms with van der Waals surface area (Å²) in [5, 5.41) is 0. The zero-order valence-corrected chi connectivity index (χ0v) is 12.2. The van der Waals surface area contributed by atoms with E-state index in [-0.39, 0.29) is 5.41 Å². The van der Waals surface area contributed by atoms with E-state index in [0.29, 0.717) is 12.5 Å². The van der Waals surface area contributed by atoms with Gasteiger partial charge in [-0.2, -0.15) is 0 Å². The van der Waals surface area contributed by atoms with Crippen molar-refractivity contribution in [2.45, 2.75) is 20.3 Å². The number of ether oxygens (including phenoxy) is 2. The average Bonchev–Trinajstić information content (AvgIpc) is 2.46. The zero-order chi connectivity index (χ0) is 14.6. The second-order valence-corrected chi connectivity index (χ2v) is 5.57. The molecule has 1 aromatic rings. The van der Waals surface area contributed by atoms with E-state index in [9.17, 15) is 4.79 Å². The van der Waals surface area contributed by atoms with E-state index in [1.165, 1.54) is 12.7 Å². The Morgan fingerprint density at radius 2 is 2.10 bits per heavy atom. The molecule has 1 aliphatic rings. The van der Waals surface area contributed by atoms with E-state index in [0.717, 1.165) is 12.0 Å². The molecule has 3 heteroatoms. The molecule has 0 N–H and O–H groups in total. The molecule has 1 unspecified atom stereocenters. The summed E-state index contributed by atoms with van der Waals surface area (Å²) < 4.78 is 9.51. The minimum Gasteiger partial charge on any atom is -0.438 e. The topological polar surface area (TPSA) is 35.5 Å². The molecule has 3 nitrogen and oxygen atoms in total. The lowest BCUT2D eigenvalue weighted by atomic mass is 9.59. The molecule has 1 fully saturated rings. The van der Waals surface area contributed by atoms with Gasteiger partial charge in [0.1, 0.15) is 0 Å². The van der Waals surface area contributed by atoms with Gasteiger partial charge in [0.05, 0.1) is 13.7 Å². The summed E-state index contributed by atoms with van der Waals surface area (Å²) in [6.07, 6.45) is 2.31. The molecule has 0 aromatic heterocycles. The molecule has 0 heterocycles. The third kappa shape index (κ3) is 3.12. The Morgan fingerprint density at radius 1 is 1.40 bits per heavy atom. The largest absolute Gasteiger partial charge is 0.507 e. The number of rotatable bonds is 3. The molecule has 0 spiro atoms. The van der Waals surface area contributed by atoms with Crippen LogP contribution in [0.4, 0.5) is 4.79 Å². The fourth-order valence-corrected chi connectivity index (χ4v) is 2.34. The first-order chi connectivity index (χ1) is 9.54. The predicted octanol–water partition coefficient (Wildman–Crippen LogP) is 4.05. The van der Waals surface area contributed by atoms with E-state index in [4.69, 9.17) is 4.74 Å². The number of benzene rings is 1. The highest BCUT2D eigenvalue weighted by molar-refractivity contribution is 5.59. The molecule has 20 heavy (non-hydrogen) atoms. The van der Waals surface area contributed by atoms with Gasteiger partial charge in [-0.15, -0.1) is 5.73 Å². The lowest BCUT2D eigenvalue weighted by molar-refractivity contribution is 0.0240. The van der Waals surface area contributed by atoms with E-state index >= 15 is 0 Å². The maximum absolute atomic E-state index is 11.0. The van der Waals surface area contributed by atoms with Crippen LogP contribution in [0.3, 0.4) is 0 Å². The third-order valence-electron chi connectivity index (χ3n) is 4.03. The van der Waals surface area contributed by atoms with Crippen LogP contribution in [-0.4, -0.2) is 19.9 Å². The number of allylic oxidation sites excluding steroid dienone is 1. The van der Waals surface area contributed by atoms with Gasteiger partial charge < -0.3 is 9.47 Å². The summed E-state index contributed by atoms with van der Waals surface area (Å²) >= 11 is 0. The first kappa shape index (κ1) is 14.4. The van der Waals surface area contributed by atoms with E-state index in [1.807, 2.05) is 24.3 Å². The van der Waals surface area contributed by atoms with Gasteiger partial charge in [-0.1, -0.05) is 44.2 Å².